The van der Waals surface area contributed by atoms with Crippen LogP contribution in [0.4, 0.5) is 5.13 Å². The molecule has 0 unspecified atom stereocenters. The van der Waals surface area contributed by atoms with Gasteiger partial charge in [0.1, 0.15) is 0 Å². The van der Waals surface area contributed by atoms with Crippen molar-refractivity contribution in [2.45, 2.75) is 19.5 Å². The molecule has 2 aliphatic heterocycles. The van der Waals surface area contributed by atoms with Crippen LogP contribution in [0.2, 0.25) is 0 Å². The number of benzene rings is 1. The third kappa shape index (κ3) is 7.03. The van der Waals surface area contributed by atoms with Crippen molar-refractivity contribution in [3.8, 4) is 0 Å². The zero-order valence-electron chi connectivity index (χ0n) is 18.3. The van der Waals surface area contributed by atoms with Crippen molar-refractivity contribution in [1.82, 2.24) is 19.7 Å². The Labute approximate surface area is 206 Å². The third-order valence-corrected chi connectivity index (χ3v) is 6.79. The largest absolute Gasteiger partial charge is 0.370 e. The van der Waals surface area contributed by atoms with E-state index in [0.717, 1.165) is 50.9 Å². The fourth-order valence-electron chi connectivity index (χ4n) is 4.04. The normalized spacial score (nSPS) is 19.2. The minimum atomic E-state index is 0. The Kier molecular flexibility index (Phi) is 9.36. The van der Waals surface area contributed by atoms with Gasteiger partial charge in [-0.05, 0) is 37.7 Å². The summed E-state index contributed by atoms with van der Waals surface area (Å²) in [6.07, 6.45) is 3.11. The molecule has 0 atom stereocenters. The van der Waals surface area contributed by atoms with E-state index in [1.807, 2.05) is 11.6 Å². The number of thiazole rings is 1. The van der Waals surface area contributed by atoms with Crippen molar-refractivity contribution in [3.05, 3.63) is 47.0 Å². The van der Waals surface area contributed by atoms with Gasteiger partial charge in [0.15, 0.2) is 11.1 Å². The van der Waals surface area contributed by atoms with Crippen LogP contribution < -0.4 is 10.6 Å². The summed E-state index contributed by atoms with van der Waals surface area (Å²) in [5, 5.41) is 3.12. The molecule has 3 heterocycles. The fraction of sp³-hybridized carbons (Fsp3) is 0.545. The van der Waals surface area contributed by atoms with Crippen molar-refractivity contribution in [2.75, 3.05) is 64.3 Å². The number of halogens is 1. The number of aliphatic imine (C=N–C) groups is 1. The minimum absolute atomic E-state index is 0. The predicted molar refractivity (Wildman–Crippen MR) is 140 cm³/mol. The van der Waals surface area contributed by atoms with E-state index < -0.39 is 0 Å². The zero-order valence-corrected chi connectivity index (χ0v) is 21.5. The van der Waals surface area contributed by atoms with Gasteiger partial charge in [-0.1, -0.05) is 24.3 Å². The summed E-state index contributed by atoms with van der Waals surface area (Å²) < 4.78 is 0. The second-order valence-electron chi connectivity index (χ2n) is 8.21. The first kappa shape index (κ1) is 24.2. The van der Waals surface area contributed by atoms with Crippen LogP contribution in [0.25, 0.3) is 0 Å². The first-order chi connectivity index (χ1) is 14.7. The Morgan fingerprint density at radius 1 is 1.00 bits per heavy atom. The Hall–Kier alpha value is -1.43. The van der Waals surface area contributed by atoms with E-state index in [1.165, 1.54) is 30.6 Å². The third-order valence-electron chi connectivity index (χ3n) is 5.96. The summed E-state index contributed by atoms with van der Waals surface area (Å²) >= 11 is 1.69. The van der Waals surface area contributed by atoms with Gasteiger partial charge in [0.25, 0.3) is 0 Å². The Balaban J connectivity index is 0.00000272. The van der Waals surface area contributed by atoms with Crippen molar-refractivity contribution in [2.24, 2.45) is 10.7 Å². The molecule has 0 radical (unpaired) electrons. The van der Waals surface area contributed by atoms with E-state index in [1.54, 1.807) is 11.3 Å². The lowest BCUT2D eigenvalue weighted by Crippen LogP contribution is -2.51. The maximum atomic E-state index is 6.27. The van der Waals surface area contributed by atoms with E-state index in [9.17, 15) is 0 Å². The molecule has 2 fully saturated rings. The molecular weight excluding hydrogens is 521 g/mol. The smallest absolute Gasteiger partial charge is 0.191 e. The molecule has 1 aromatic heterocycles. The number of hydrogen-bond donors (Lipinski definition) is 1. The lowest BCUT2D eigenvalue weighted by atomic mass is 10.1. The number of piperazine rings is 1. The topological polar surface area (TPSA) is 64.2 Å². The summed E-state index contributed by atoms with van der Waals surface area (Å²) in [6, 6.07) is 8.86. The van der Waals surface area contributed by atoms with Gasteiger partial charge in [0, 0.05) is 57.4 Å². The summed E-state index contributed by atoms with van der Waals surface area (Å²) in [6.45, 7) is 10.0. The predicted octanol–water partition coefficient (Wildman–Crippen LogP) is 2.54. The van der Waals surface area contributed by atoms with Crippen molar-refractivity contribution in [1.29, 1.82) is 0 Å². The van der Waals surface area contributed by atoms with E-state index >= 15 is 0 Å². The van der Waals surface area contributed by atoms with E-state index in [-0.39, 0.29) is 24.0 Å². The van der Waals surface area contributed by atoms with Gasteiger partial charge in [-0.25, -0.2) is 9.98 Å². The maximum absolute atomic E-state index is 6.27. The standard InChI is InChI=1S/C22H33N7S.HI/c1-26-8-2-9-27(11-10-26)18-20-5-3-19(4-6-20)17-25-21(23)28-12-14-29(15-13-28)22-24-7-16-30-22;/h3-7,16H,2,8-15,17-18H2,1H3,(H2,23,25);1H. The first-order valence-corrected chi connectivity index (χ1v) is 11.7. The minimum Gasteiger partial charge on any atom is -0.370 e. The van der Waals surface area contributed by atoms with E-state index in [4.69, 9.17) is 5.73 Å². The molecule has 31 heavy (non-hydrogen) atoms. The molecule has 9 heteroatoms. The maximum Gasteiger partial charge on any atom is 0.191 e. The summed E-state index contributed by atoms with van der Waals surface area (Å²) in [5.74, 6) is 0.645. The van der Waals surface area contributed by atoms with Gasteiger partial charge >= 0.3 is 0 Å². The fourth-order valence-corrected chi connectivity index (χ4v) is 4.73. The molecule has 2 aromatic rings. The highest BCUT2D eigenvalue weighted by molar-refractivity contribution is 14.0. The molecule has 0 saturated carbocycles. The molecule has 1 aromatic carbocycles. The summed E-state index contributed by atoms with van der Waals surface area (Å²) in [7, 11) is 2.21. The molecule has 170 valence electrons. The zero-order chi connectivity index (χ0) is 20.8. The lowest BCUT2D eigenvalue weighted by molar-refractivity contribution is 0.269. The highest BCUT2D eigenvalue weighted by atomic mass is 127. The average molecular weight is 556 g/mol. The van der Waals surface area contributed by atoms with Gasteiger partial charge in [-0.3, -0.25) is 4.90 Å². The quantitative estimate of drug-likeness (QED) is 0.348. The Bertz CT molecular complexity index is 804. The van der Waals surface area contributed by atoms with Gasteiger partial charge in [0.05, 0.1) is 6.54 Å². The van der Waals surface area contributed by atoms with Crippen LogP contribution in [0.3, 0.4) is 0 Å². The number of likely N-dealkylation sites (N-methyl/N-ethyl adjacent to an activating group) is 1. The number of guanidine groups is 1. The molecule has 7 nitrogen and oxygen atoms in total. The number of rotatable bonds is 5. The number of nitrogens with zero attached hydrogens (tertiary/aromatic N) is 6. The summed E-state index contributed by atoms with van der Waals surface area (Å²) in [5.41, 5.74) is 8.85. The van der Waals surface area contributed by atoms with Crippen molar-refractivity contribution in [3.63, 3.8) is 0 Å². The molecule has 0 amide bonds. The van der Waals surface area contributed by atoms with E-state index in [2.05, 4.69) is 60.9 Å². The highest BCUT2D eigenvalue weighted by Crippen LogP contribution is 2.19. The average Bonchev–Trinajstić information content (AvgIpc) is 3.24. The number of nitrogens with two attached hydrogens (primary N) is 1. The Morgan fingerprint density at radius 3 is 2.45 bits per heavy atom. The van der Waals surface area contributed by atoms with Crippen LogP contribution in [0, 0.1) is 0 Å². The van der Waals surface area contributed by atoms with Crippen LogP contribution >= 0.6 is 35.3 Å². The van der Waals surface area contributed by atoms with Gasteiger partial charge in [0.2, 0.25) is 0 Å². The van der Waals surface area contributed by atoms with Gasteiger partial charge in [-0.15, -0.1) is 35.3 Å². The molecule has 0 spiro atoms. The molecule has 2 saturated heterocycles. The van der Waals surface area contributed by atoms with Crippen molar-refractivity contribution >= 4 is 46.4 Å². The monoisotopic (exact) mass is 555 g/mol. The lowest BCUT2D eigenvalue weighted by Gasteiger charge is -2.35. The first-order valence-electron chi connectivity index (χ1n) is 10.9. The number of anilines is 1. The summed E-state index contributed by atoms with van der Waals surface area (Å²) in [4.78, 5) is 18.5. The number of aromatic nitrogens is 1. The van der Waals surface area contributed by atoms with Crippen LogP contribution in [0.15, 0.2) is 40.8 Å². The number of hydrogen-bond acceptors (Lipinski definition) is 6. The molecular formula is C22H34IN7S. The van der Waals surface area contributed by atoms with Crippen molar-refractivity contribution < 1.29 is 0 Å². The molecule has 4 rings (SSSR count). The van der Waals surface area contributed by atoms with Crippen LogP contribution in [-0.2, 0) is 13.1 Å². The van der Waals surface area contributed by atoms with Crippen LogP contribution in [0.1, 0.15) is 17.5 Å². The van der Waals surface area contributed by atoms with Crippen LogP contribution in [0.5, 0.6) is 0 Å². The second-order valence-corrected chi connectivity index (χ2v) is 9.09. The molecule has 2 N–H and O–H groups in total. The second kappa shape index (κ2) is 12.0. The van der Waals surface area contributed by atoms with Gasteiger partial charge < -0.3 is 20.4 Å². The Morgan fingerprint density at radius 2 is 1.74 bits per heavy atom. The highest BCUT2D eigenvalue weighted by Gasteiger charge is 2.19. The van der Waals surface area contributed by atoms with Crippen LogP contribution in [-0.4, -0.2) is 85.0 Å². The molecule has 2 aliphatic rings. The van der Waals surface area contributed by atoms with Gasteiger partial charge in [-0.2, -0.15) is 0 Å². The van der Waals surface area contributed by atoms with E-state index in [0.29, 0.717) is 12.5 Å². The SMILES string of the molecule is CN1CCCN(Cc2ccc(CN=C(N)N3CCN(c4nccs4)CC3)cc2)CC1.I. The molecule has 0 bridgehead atoms. The molecule has 0 aliphatic carbocycles.